The van der Waals surface area contributed by atoms with Crippen LogP contribution in [0.2, 0.25) is 0 Å². The number of fused-ring (bicyclic) bond motifs is 2. The average Bonchev–Trinajstić information content (AvgIpc) is 3.43. The maximum Gasteiger partial charge on any atom is 0.371 e. The topological polar surface area (TPSA) is 249 Å². The summed E-state index contributed by atoms with van der Waals surface area (Å²) in [5, 5.41) is 38.3. The fourth-order valence-electron chi connectivity index (χ4n) is 5.39. The highest BCUT2D eigenvalue weighted by Crippen LogP contribution is 2.67. The Balaban J connectivity index is 1.38. The summed E-state index contributed by atoms with van der Waals surface area (Å²) in [6.07, 6.45) is 2.64. The van der Waals surface area contributed by atoms with Crippen LogP contribution >= 0.6 is 15.0 Å². The van der Waals surface area contributed by atoms with E-state index in [1.807, 2.05) is 0 Å². The van der Waals surface area contributed by atoms with Crippen molar-refractivity contribution in [3.05, 3.63) is 94.7 Å². The number of aliphatic hydroxyl groups is 2. The Bertz CT molecular complexity index is 2160. The molecule has 15 nitrogen and oxygen atoms in total. The number of aliphatic hydroxyl groups excluding tert-OH is 1. The first-order valence-electron chi connectivity index (χ1n) is 14.3. The number of carbonyl (C=O) groups is 2. The maximum absolute atomic E-state index is 13.3. The van der Waals surface area contributed by atoms with Crippen molar-refractivity contribution in [3.63, 3.8) is 0 Å². The lowest BCUT2D eigenvalue weighted by Gasteiger charge is -2.28. The highest BCUT2D eigenvalue weighted by Gasteiger charge is 2.58. The van der Waals surface area contributed by atoms with Crippen LogP contribution in [0.15, 0.2) is 82.5 Å². The van der Waals surface area contributed by atoms with Crippen LogP contribution < -0.4 is 10.00 Å². The zero-order valence-corrected chi connectivity index (χ0v) is 27.0. The summed E-state index contributed by atoms with van der Waals surface area (Å²) < 4.78 is 32.2. The lowest BCUT2D eigenvalue weighted by molar-refractivity contribution is -0.702. The molecule has 0 radical (unpaired) electrons. The van der Waals surface area contributed by atoms with Gasteiger partial charge in [-0.15, -0.1) is 0 Å². The highest BCUT2D eigenvalue weighted by molar-refractivity contribution is 7.74. The molecule has 1 aromatic heterocycles. The van der Waals surface area contributed by atoms with E-state index in [2.05, 4.69) is 0 Å². The number of aromatic carboxylic acids is 1. The molecule has 2 heterocycles. The molecule has 1 aliphatic carbocycles. The number of carboxylic acids is 1. The van der Waals surface area contributed by atoms with Gasteiger partial charge in [0.1, 0.15) is 42.6 Å². The molecular formula is C31H31N2O13P2+. The molecule has 0 amide bonds. The normalized spacial score (nSPS) is 15.2. The molecule has 7 N–H and O–H groups in total. The first-order valence-corrected chi connectivity index (χ1v) is 18.0. The number of aromatic nitrogens is 2. The van der Waals surface area contributed by atoms with Crippen molar-refractivity contribution in [3.8, 4) is 28.2 Å². The first-order chi connectivity index (χ1) is 22.4. The van der Waals surface area contributed by atoms with E-state index >= 15 is 0 Å². The molecule has 2 aromatic carbocycles. The zero-order valence-electron chi connectivity index (χ0n) is 25.2. The second-order valence-corrected chi connectivity index (χ2v) is 16.2. The van der Waals surface area contributed by atoms with Crippen LogP contribution in [0.25, 0.3) is 33.4 Å². The van der Waals surface area contributed by atoms with Gasteiger partial charge in [0, 0.05) is 47.3 Å². The molecule has 0 fully saturated rings. The van der Waals surface area contributed by atoms with Crippen molar-refractivity contribution >= 4 is 37.7 Å². The minimum atomic E-state index is -5.44. The third-order valence-electron chi connectivity index (χ3n) is 7.92. The number of rotatable bonds is 12. The standard InChI is InChI=1S/C31H30N2O13P2/c1-47(41,42)31(40,48(43,44)45)16-33-11-10-32(17-33)15-21(36)5-9-26(37)18-2-6-22(30(38)39)25(12-18)29-23-7-3-19(34)13-27(23)46-28-14-20(35)4-8-24(28)29/h2-4,6-8,10-14,17,21,36,40H,5,9,15-16H2,1H3,(H4-,34,35,38,39,41,42,43,44,45)/p+1. The van der Waals surface area contributed by atoms with Gasteiger partial charge in [0.15, 0.2) is 11.2 Å². The number of nitrogens with zero attached hydrogens (tertiary/aromatic N) is 2. The number of aromatic hydroxyl groups is 1. The molecule has 0 bridgehead atoms. The van der Waals surface area contributed by atoms with E-state index in [1.54, 1.807) is 0 Å². The van der Waals surface area contributed by atoms with E-state index in [0.29, 0.717) is 23.2 Å². The molecule has 3 aromatic rings. The summed E-state index contributed by atoms with van der Waals surface area (Å²) in [7, 11) is -10.1. The summed E-state index contributed by atoms with van der Waals surface area (Å²) in [5.41, 5.74) is 0.767. The number of carbonyl (C=O) groups excluding carboxylic acids is 1. The number of benzene rings is 3. The summed E-state index contributed by atoms with van der Waals surface area (Å²) in [6.45, 7) is -0.352. The molecule has 252 valence electrons. The molecule has 5 rings (SSSR count). The average molecular weight is 702 g/mol. The van der Waals surface area contributed by atoms with Crippen LogP contribution in [0.4, 0.5) is 0 Å². The summed E-state index contributed by atoms with van der Waals surface area (Å²) >= 11 is 0. The van der Waals surface area contributed by atoms with Gasteiger partial charge in [-0.1, -0.05) is 6.07 Å². The second kappa shape index (κ2) is 12.9. The van der Waals surface area contributed by atoms with E-state index in [9.17, 15) is 58.6 Å². The largest absolute Gasteiger partial charge is 0.508 e. The van der Waals surface area contributed by atoms with Crippen molar-refractivity contribution in [1.29, 1.82) is 0 Å². The Morgan fingerprint density at radius 3 is 2.42 bits per heavy atom. The number of ketones is 1. The van der Waals surface area contributed by atoms with Gasteiger partial charge in [-0.25, -0.2) is 13.9 Å². The molecular weight excluding hydrogens is 670 g/mol. The number of phenols is 1. The zero-order chi connectivity index (χ0) is 35.2. The lowest BCUT2D eigenvalue weighted by Crippen LogP contribution is -2.46. The monoisotopic (exact) mass is 701 g/mol. The Morgan fingerprint density at radius 1 is 1.02 bits per heavy atom. The number of carboxylic acid groups (broad SMARTS) is 1. The van der Waals surface area contributed by atoms with Gasteiger partial charge in [-0.05, 0) is 48.4 Å². The van der Waals surface area contributed by atoms with Crippen molar-refractivity contribution < 1.29 is 62.8 Å². The molecule has 0 saturated carbocycles. The Morgan fingerprint density at radius 2 is 1.75 bits per heavy atom. The molecule has 1 aliphatic heterocycles. The van der Waals surface area contributed by atoms with E-state index < -0.39 is 44.4 Å². The molecule has 48 heavy (non-hydrogen) atoms. The highest BCUT2D eigenvalue weighted by atomic mass is 31.2. The summed E-state index contributed by atoms with van der Waals surface area (Å²) in [5.74, 6) is -1.67. The fraction of sp³-hybridized carbons (Fsp3) is 0.226. The molecule has 3 unspecified atom stereocenters. The summed E-state index contributed by atoms with van der Waals surface area (Å²) in [6, 6.07) is 12.3. The van der Waals surface area contributed by atoms with Crippen LogP contribution in [0.3, 0.4) is 0 Å². The lowest BCUT2D eigenvalue weighted by atomic mass is 9.88. The van der Waals surface area contributed by atoms with Gasteiger partial charge in [-0.2, -0.15) is 0 Å². The van der Waals surface area contributed by atoms with Crippen molar-refractivity contribution in [1.82, 2.24) is 4.57 Å². The number of phenolic OH excluding ortho intramolecular Hbond substituents is 1. The molecule has 2 aliphatic rings. The smallest absolute Gasteiger partial charge is 0.371 e. The summed E-state index contributed by atoms with van der Waals surface area (Å²) in [4.78, 5) is 66.6. The third kappa shape index (κ3) is 6.89. The van der Waals surface area contributed by atoms with Gasteiger partial charge >= 0.3 is 13.6 Å². The molecule has 0 spiro atoms. The van der Waals surface area contributed by atoms with Crippen molar-refractivity contribution in [2.45, 2.75) is 37.1 Å². The molecule has 3 atom stereocenters. The quantitative estimate of drug-likeness (QED) is 0.0428. The number of imidazole rings is 1. The van der Waals surface area contributed by atoms with Crippen LogP contribution in [-0.4, -0.2) is 69.3 Å². The van der Waals surface area contributed by atoms with Crippen LogP contribution in [0.1, 0.15) is 33.6 Å². The van der Waals surface area contributed by atoms with Crippen LogP contribution in [0.5, 0.6) is 5.75 Å². The predicted octanol–water partition coefficient (Wildman–Crippen LogP) is 2.81. The predicted molar refractivity (Wildman–Crippen MR) is 170 cm³/mol. The Labute approximate surface area is 271 Å². The van der Waals surface area contributed by atoms with Gasteiger partial charge in [0.05, 0.1) is 11.7 Å². The fourth-order valence-corrected chi connectivity index (χ4v) is 8.09. The Kier molecular flexibility index (Phi) is 9.34. The third-order valence-corrected chi connectivity index (χ3v) is 12.4. The first kappa shape index (κ1) is 34.9. The van der Waals surface area contributed by atoms with E-state index in [1.165, 1.54) is 77.9 Å². The molecule has 0 saturated heterocycles. The SMILES string of the molecule is CP(=O)(O)C(O)(C[n+]1ccn(CC(O)CCC(=O)c2ccc(C(=O)O)c(-c3c4ccc(=O)cc-4oc4cc(O)ccc34)c2)c1)P(=O)(O)O. The van der Waals surface area contributed by atoms with Gasteiger partial charge < -0.3 is 39.5 Å². The molecule has 17 heteroatoms. The van der Waals surface area contributed by atoms with Crippen LogP contribution in [0, 0.1) is 0 Å². The minimum Gasteiger partial charge on any atom is -0.508 e. The van der Waals surface area contributed by atoms with Gasteiger partial charge in [0.25, 0.3) is 5.08 Å². The maximum atomic E-state index is 13.3. The number of hydrogen-bond acceptors (Lipinski definition) is 9. The van der Waals surface area contributed by atoms with Gasteiger partial charge in [-0.3, -0.25) is 18.7 Å². The van der Waals surface area contributed by atoms with Crippen LogP contribution in [-0.2, 0) is 22.2 Å². The second-order valence-electron chi connectivity index (χ2n) is 11.5. The van der Waals surface area contributed by atoms with Crippen molar-refractivity contribution in [2.24, 2.45) is 0 Å². The van der Waals surface area contributed by atoms with Gasteiger partial charge in [0.2, 0.25) is 13.7 Å². The van der Waals surface area contributed by atoms with Crippen molar-refractivity contribution in [2.75, 3.05) is 6.66 Å². The number of Topliss-reactive ketones (excluding diaryl/α,β-unsaturated/α-hetero) is 1. The van der Waals surface area contributed by atoms with E-state index in [0.717, 1.165) is 4.57 Å². The number of hydrogen-bond donors (Lipinski definition) is 7. The van der Waals surface area contributed by atoms with E-state index in [-0.39, 0.29) is 58.6 Å². The minimum absolute atomic E-state index is 0.0398. The Hall–Kier alpha value is -4.46. The van der Waals surface area contributed by atoms with E-state index in [4.69, 9.17) is 4.42 Å².